The number of hydrogen-bond donors (Lipinski definition) is 1. The standard InChI is InChI=1S/C11H13NO3/c1-8-3-5-10(6-4-9(2)13)7-11(8)12(14)15/h3-7,9,13H,1-2H3/b6-4+/t9-/m0/s1. The van der Waals surface area contributed by atoms with Gasteiger partial charge < -0.3 is 5.11 Å². The van der Waals surface area contributed by atoms with Crippen molar-refractivity contribution in [1.29, 1.82) is 0 Å². The van der Waals surface area contributed by atoms with Crippen LogP contribution in [0.2, 0.25) is 0 Å². The minimum Gasteiger partial charge on any atom is -0.389 e. The van der Waals surface area contributed by atoms with Crippen molar-refractivity contribution in [2.24, 2.45) is 0 Å². The van der Waals surface area contributed by atoms with E-state index in [4.69, 9.17) is 5.11 Å². The van der Waals surface area contributed by atoms with Crippen molar-refractivity contribution in [2.45, 2.75) is 20.0 Å². The van der Waals surface area contributed by atoms with E-state index in [-0.39, 0.29) is 5.69 Å². The van der Waals surface area contributed by atoms with E-state index in [1.165, 1.54) is 6.07 Å². The lowest BCUT2D eigenvalue weighted by molar-refractivity contribution is -0.385. The van der Waals surface area contributed by atoms with Crippen molar-refractivity contribution in [3.05, 3.63) is 45.5 Å². The van der Waals surface area contributed by atoms with Gasteiger partial charge in [0, 0.05) is 11.6 Å². The van der Waals surface area contributed by atoms with Gasteiger partial charge in [-0.05, 0) is 19.4 Å². The van der Waals surface area contributed by atoms with Gasteiger partial charge in [-0.2, -0.15) is 0 Å². The lowest BCUT2D eigenvalue weighted by Gasteiger charge is -1.99. The van der Waals surface area contributed by atoms with Gasteiger partial charge in [0.05, 0.1) is 11.0 Å². The molecule has 1 aromatic rings. The Balaban J connectivity index is 3.03. The van der Waals surface area contributed by atoms with E-state index < -0.39 is 11.0 Å². The molecule has 0 saturated heterocycles. The van der Waals surface area contributed by atoms with Crippen molar-refractivity contribution in [3.8, 4) is 0 Å². The third kappa shape index (κ3) is 3.18. The van der Waals surface area contributed by atoms with Crippen LogP contribution in [0.25, 0.3) is 6.08 Å². The Bertz CT molecular complexity index is 397. The first-order valence-corrected chi connectivity index (χ1v) is 4.62. The van der Waals surface area contributed by atoms with Gasteiger partial charge in [0.2, 0.25) is 0 Å². The number of nitro groups is 1. The number of aliphatic hydroxyl groups excluding tert-OH is 1. The van der Waals surface area contributed by atoms with Gasteiger partial charge in [0.15, 0.2) is 0 Å². The van der Waals surface area contributed by atoms with Crippen LogP contribution in [0.3, 0.4) is 0 Å². The summed E-state index contributed by atoms with van der Waals surface area (Å²) in [4.78, 5) is 10.2. The Morgan fingerprint density at radius 2 is 2.20 bits per heavy atom. The predicted molar refractivity (Wildman–Crippen MR) is 58.5 cm³/mol. The fourth-order valence-corrected chi connectivity index (χ4v) is 1.18. The SMILES string of the molecule is Cc1ccc(/C=C/[C@H](C)O)cc1[N+](=O)[O-]. The monoisotopic (exact) mass is 207 g/mol. The molecule has 0 aliphatic carbocycles. The van der Waals surface area contributed by atoms with Crippen molar-refractivity contribution in [1.82, 2.24) is 0 Å². The Kier molecular flexibility index (Phi) is 3.57. The Morgan fingerprint density at radius 3 is 2.73 bits per heavy atom. The fourth-order valence-electron chi connectivity index (χ4n) is 1.18. The second-order valence-corrected chi connectivity index (χ2v) is 3.40. The molecular formula is C11H13NO3. The summed E-state index contributed by atoms with van der Waals surface area (Å²) < 4.78 is 0. The van der Waals surface area contributed by atoms with E-state index >= 15 is 0 Å². The number of nitro benzene ring substituents is 1. The minimum atomic E-state index is -0.551. The Labute approximate surface area is 88.0 Å². The lowest BCUT2D eigenvalue weighted by atomic mass is 10.1. The molecule has 0 radical (unpaired) electrons. The van der Waals surface area contributed by atoms with Crippen LogP contribution in [0.1, 0.15) is 18.1 Å². The third-order valence-electron chi connectivity index (χ3n) is 2.00. The molecule has 0 amide bonds. The molecule has 0 aromatic heterocycles. The molecule has 0 bridgehead atoms. The molecule has 15 heavy (non-hydrogen) atoms. The summed E-state index contributed by atoms with van der Waals surface area (Å²) in [6.45, 7) is 3.32. The first kappa shape index (κ1) is 11.4. The van der Waals surface area contributed by atoms with E-state index in [0.29, 0.717) is 11.1 Å². The summed E-state index contributed by atoms with van der Waals surface area (Å²) in [5.41, 5.74) is 1.45. The van der Waals surface area contributed by atoms with E-state index in [0.717, 1.165) is 0 Å². The van der Waals surface area contributed by atoms with E-state index in [1.54, 1.807) is 38.1 Å². The molecule has 1 atom stereocenters. The highest BCUT2D eigenvalue weighted by atomic mass is 16.6. The number of aryl methyl sites for hydroxylation is 1. The molecule has 0 fully saturated rings. The average molecular weight is 207 g/mol. The normalized spacial score (nSPS) is 13.0. The van der Waals surface area contributed by atoms with Crippen LogP contribution in [-0.4, -0.2) is 16.1 Å². The number of aliphatic hydroxyl groups is 1. The van der Waals surface area contributed by atoms with Crippen LogP contribution in [0, 0.1) is 17.0 Å². The van der Waals surface area contributed by atoms with Crippen LogP contribution in [0.4, 0.5) is 5.69 Å². The third-order valence-corrected chi connectivity index (χ3v) is 2.00. The zero-order valence-corrected chi connectivity index (χ0v) is 8.68. The van der Waals surface area contributed by atoms with E-state index in [1.807, 2.05) is 0 Å². The highest BCUT2D eigenvalue weighted by Gasteiger charge is 2.09. The molecule has 1 aromatic carbocycles. The maximum absolute atomic E-state index is 10.6. The maximum Gasteiger partial charge on any atom is 0.272 e. The van der Waals surface area contributed by atoms with Gasteiger partial charge in [-0.1, -0.05) is 24.3 Å². The first-order valence-electron chi connectivity index (χ1n) is 4.62. The van der Waals surface area contributed by atoms with Crippen molar-refractivity contribution >= 4 is 11.8 Å². The highest BCUT2D eigenvalue weighted by Crippen LogP contribution is 2.19. The van der Waals surface area contributed by atoms with Gasteiger partial charge in [0.25, 0.3) is 5.69 Å². The van der Waals surface area contributed by atoms with Gasteiger partial charge in [0.1, 0.15) is 0 Å². The van der Waals surface area contributed by atoms with Crippen LogP contribution in [0.15, 0.2) is 24.3 Å². The summed E-state index contributed by atoms with van der Waals surface area (Å²) in [5.74, 6) is 0. The summed E-state index contributed by atoms with van der Waals surface area (Å²) >= 11 is 0. The van der Waals surface area contributed by atoms with Gasteiger partial charge >= 0.3 is 0 Å². The molecule has 0 spiro atoms. The van der Waals surface area contributed by atoms with Gasteiger partial charge in [-0.25, -0.2) is 0 Å². The smallest absolute Gasteiger partial charge is 0.272 e. The zero-order chi connectivity index (χ0) is 11.4. The summed E-state index contributed by atoms with van der Waals surface area (Å²) in [6.07, 6.45) is 2.69. The van der Waals surface area contributed by atoms with Crippen LogP contribution < -0.4 is 0 Å². The lowest BCUT2D eigenvalue weighted by Crippen LogP contribution is -1.93. The quantitative estimate of drug-likeness (QED) is 0.611. The second-order valence-electron chi connectivity index (χ2n) is 3.40. The molecular weight excluding hydrogens is 194 g/mol. The topological polar surface area (TPSA) is 63.4 Å². The summed E-state index contributed by atoms with van der Waals surface area (Å²) in [5, 5.41) is 19.7. The minimum absolute atomic E-state index is 0.0998. The summed E-state index contributed by atoms with van der Waals surface area (Å²) in [6, 6.07) is 4.97. The number of rotatable bonds is 3. The van der Waals surface area contributed by atoms with Crippen molar-refractivity contribution in [3.63, 3.8) is 0 Å². The molecule has 80 valence electrons. The van der Waals surface area contributed by atoms with E-state index in [2.05, 4.69) is 0 Å². The number of benzene rings is 1. The molecule has 0 saturated carbocycles. The predicted octanol–water partition coefficient (Wildman–Crippen LogP) is 2.30. The second kappa shape index (κ2) is 4.70. The van der Waals surface area contributed by atoms with Gasteiger partial charge in [-0.3, -0.25) is 10.1 Å². The molecule has 0 aliphatic heterocycles. The van der Waals surface area contributed by atoms with Crippen LogP contribution in [-0.2, 0) is 0 Å². The highest BCUT2D eigenvalue weighted by molar-refractivity contribution is 5.56. The largest absolute Gasteiger partial charge is 0.389 e. The van der Waals surface area contributed by atoms with Crippen molar-refractivity contribution in [2.75, 3.05) is 0 Å². The van der Waals surface area contributed by atoms with Gasteiger partial charge in [-0.15, -0.1) is 0 Å². The molecule has 0 aliphatic rings. The maximum atomic E-state index is 10.6. The molecule has 4 nitrogen and oxygen atoms in total. The molecule has 4 heteroatoms. The average Bonchev–Trinajstić information content (AvgIpc) is 2.16. The van der Waals surface area contributed by atoms with E-state index in [9.17, 15) is 10.1 Å². The Hall–Kier alpha value is -1.68. The van der Waals surface area contributed by atoms with Crippen LogP contribution >= 0.6 is 0 Å². The molecule has 0 heterocycles. The zero-order valence-electron chi connectivity index (χ0n) is 8.68. The first-order chi connectivity index (χ1) is 7.00. The number of nitrogens with zero attached hydrogens (tertiary/aromatic N) is 1. The molecule has 1 N–H and O–H groups in total. The molecule has 0 unspecified atom stereocenters. The van der Waals surface area contributed by atoms with Crippen molar-refractivity contribution < 1.29 is 10.0 Å². The Morgan fingerprint density at radius 1 is 1.53 bits per heavy atom. The fraction of sp³-hybridized carbons (Fsp3) is 0.273. The van der Waals surface area contributed by atoms with Crippen LogP contribution in [0.5, 0.6) is 0 Å². The summed E-state index contributed by atoms with van der Waals surface area (Å²) in [7, 11) is 0. The molecule has 1 rings (SSSR count). The number of hydrogen-bond acceptors (Lipinski definition) is 3.